The molecule has 3 rings (SSSR count). The molecule has 154 valence electrons. The van der Waals surface area contributed by atoms with Gasteiger partial charge in [0.2, 0.25) is 0 Å². The lowest BCUT2D eigenvalue weighted by molar-refractivity contribution is -0.135. The van der Waals surface area contributed by atoms with E-state index in [1.807, 2.05) is 0 Å². The third-order valence-electron chi connectivity index (χ3n) is 4.82. The number of piperidine rings is 1. The third kappa shape index (κ3) is 5.98. The van der Waals surface area contributed by atoms with Crippen LogP contribution >= 0.6 is 11.8 Å². The maximum absolute atomic E-state index is 13.8. The summed E-state index contributed by atoms with van der Waals surface area (Å²) in [6.07, 6.45) is 4.93. The molecule has 9 heteroatoms. The zero-order valence-electron chi connectivity index (χ0n) is 16.4. The molecule has 2 aliphatic rings. The van der Waals surface area contributed by atoms with E-state index in [1.165, 1.54) is 19.2 Å². The number of esters is 1. The lowest BCUT2D eigenvalue weighted by Gasteiger charge is -2.30. The monoisotopic (exact) mass is 418 g/mol. The Hall–Kier alpha value is -2.52. The van der Waals surface area contributed by atoms with Crippen molar-refractivity contribution in [1.82, 2.24) is 10.2 Å². The van der Waals surface area contributed by atoms with Gasteiger partial charge in [0.15, 0.2) is 5.17 Å². The number of nitrogens with one attached hydrogen (secondary N) is 1. The Bertz CT molecular complexity index is 876. The summed E-state index contributed by atoms with van der Waals surface area (Å²) in [6, 6.07) is 4.58. The molecule has 0 aromatic heterocycles. The molecule has 0 radical (unpaired) electrons. The second-order valence-electron chi connectivity index (χ2n) is 7.04. The number of benzene rings is 1. The molecule has 29 heavy (non-hydrogen) atoms. The second kappa shape index (κ2) is 9.80. The van der Waals surface area contributed by atoms with Crippen LogP contribution in [0.5, 0.6) is 0 Å². The van der Waals surface area contributed by atoms with Gasteiger partial charge in [-0.2, -0.15) is 5.10 Å². The van der Waals surface area contributed by atoms with Crippen LogP contribution in [0.25, 0.3) is 0 Å². The number of rotatable bonds is 5. The van der Waals surface area contributed by atoms with E-state index < -0.39 is 11.9 Å². The van der Waals surface area contributed by atoms with E-state index in [0.717, 1.165) is 60.8 Å². The van der Waals surface area contributed by atoms with Gasteiger partial charge in [-0.3, -0.25) is 15.0 Å². The first-order valence-electron chi connectivity index (χ1n) is 9.35. The Morgan fingerprint density at radius 2 is 2.17 bits per heavy atom. The molecule has 1 aromatic carbocycles. The van der Waals surface area contributed by atoms with Crippen LogP contribution in [0.3, 0.4) is 0 Å². The van der Waals surface area contributed by atoms with Crippen LogP contribution in [0.15, 0.2) is 39.4 Å². The summed E-state index contributed by atoms with van der Waals surface area (Å²) in [5.74, 6) is -0.607. The molecular weight excluding hydrogens is 395 g/mol. The highest BCUT2D eigenvalue weighted by Gasteiger charge is 2.25. The van der Waals surface area contributed by atoms with Crippen molar-refractivity contribution in [2.75, 3.05) is 20.2 Å². The molecule has 1 N–H and O–H groups in total. The van der Waals surface area contributed by atoms with E-state index >= 15 is 0 Å². The first kappa shape index (κ1) is 21.2. The van der Waals surface area contributed by atoms with Crippen molar-refractivity contribution in [3.05, 3.63) is 46.1 Å². The zero-order valence-corrected chi connectivity index (χ0v) is 17.2. The second-order valence-corrected chi connectivity index (χ2v) is 8.07. The maximum Gasteiger partial charge on any atom is 0.331 e. The molecule has 0 unspecified atom stereocenters. The van der Waals surface area contributed by atoms with E-state index in [1.54, 1.807) is 12.3 Å². The van der Waals surface area contributed by atoms with Crippen LogP contribution in [-0.4, -0.2) is 48.4 Å². The summed E-state index contributed by atoms with van der Waals surface area (Å²) in [5.41, 5.74) is 1.62. The number of amides is 1. The van der Waals surface area contributed by atoms with Crippen LogP contribution in [-0.2, 0) is 20.9 Å². The average Bonchev–Trinajstić information content (AvgIpc) is 3.04. The number of hydrogen-bond acceptors (Lipinski definition) is 7. The molecule has 0 aliphatic carbocycles. The summed E-state index contributed by atoms with van der Waals surface area (Å²) in [6.45, 7) is 4.89. The summed E-state index contributed by atoms with van der Waals surface area (Å²) >= 11 is 1.00. The molecule has 0 atom stereocenters. The Labute approximate surface area is 173 Å². The van der Waals surface area contributed by atoms with Crippen molar-refractivity contribution in [2.24, 2.45) is 16.1 Å². The molecule has 0 bridgehead atoms. The van der Waals surface area contributed by atoms with Gasteiger partial charge in [0.1, 0.15) is 5.82 Å². The Morgan fingerprint density at radius 3 is 2.90 bits per heavy atom. The molecule has 2 saturated heterocycles. The summed E-state index contributed by atoms with van der Waals surface area (Å²) in [7, 11) is 1.24. The molecule has 2 aliphatic heterocycles. The number of ether oxygens (including phenoxy) is 1. The largest absolute Gasteiger partial charge is 0.466 e. The van der Waals surface area contributed by atoms with Crippen molar-refractivity contribution in [2.45, 2.75) is 26.3 Å². The fourth-order valence-electron chi connectivity index (χ4n) is 3.08. The molecular formula is C20H23FN4O3S. The maximum atomic E-state index is 13.8. The van der Waals surface area contributed by atoms with E-state index in [4.69, 9.17) is 0 Å². The Morgan fingerprint density at radius 1 is 1.41 bits per heavy atom. The highest BCUT2D eigenvalue weighted by Crippen LogP contribution is 2.24. The van der Waals surface area contributed by atoms with Crippen molar-refractivity contribution in [3.8, 4) is 0 Å². The SMILES string of the molecule is COC(=O)/C=C1/S/C(=N\N=Cc2ccc(F)cc2CN2CCC(C)CC2)NC1=O. The van der Waals surface area contributed by atoms with E-state index in [9.17, 15) is 14.0 Å². The van der Waals surface area contributed by atoms with E-state index in [0.29, 0.717) is 6.54 Å². The normalized spacial score (nSPS) is 21.3. The van der Waals surface area contributed by atoms with Gasteiger partial charge < -0.3 is 4.74 Å². The van der Waals surface area contributed by atoms with Crippen LogP contribution in [0.4, 0.5) is 4.39 Å². The van der Waals surface area contributed by atoms with Gasteiger partial charge in [-0.05, 0) is 66.9 Å². The van der Waals surface area contributed by atoms with Gasteiger partial charge in [-0.25, -0.2) is 9.18 Å². The smallest absolute Gasteiger partial charge is 0.331 e. The van der Waals surface area contributed by atoms with Gasteiger partial charge in [0.05, 0.1) is 18.2 Å². The number of amidine groups is 1. The molecule has 7 nitrogen and oxygen atoms in total. The van der Waals surface area contributed by atoms with Crippen molar-refractivity contribution < 1.29 is 18.7 Å². The van der Waals surface area contributed by atoms with Gasteiger partial charge in [0.25, 0.3) is 5.91 Å². The fraction of sp³-hybridized carbons (Fsp3) is 0.400. The van der Waals surface area contributed by atoms with Crippen molar-refractivity contribution in [1.29, 1.82) is 0 Å². The highest BCUT2D eigenvalue weighted by atomic mass is 32.2. The number of likely N-dealkylation sites (tertiary alicyclic amines) is 1. The number of hydrogen-bond donors (Lipinski definition) is 1. The molecule has 0 saturated carbocycles. The fourth-order valence-corrected chi connectivity index (χ4v) is 3.82. The number of carbonyl (C=O) groups excluding carboxylic acids is 2. The number of methoxy groups -OCH3 is 1. The van der Waals surface area contributed by atoms with Crippen LogP contribution in [0, 0.1) is 11.7 Å². The predicted molar refractivity (Wildman–Crippen MR) is 111 cm³/mol. The van der Waals surface area contributed by atoms with Crippen molar-refractivity contribution >= 4 is 35.0 Å². The highest BCUT2D eigenvalue weighted by molar-refractivity contribution is 8.18. The number of halogens is 1. The minimum atomic E-state index is -0.615. The molecule has 2 fully saturated rings. The van der Waals surface area contributed by atoms with E-state index in [-0.39, 0.29) is 15.9 Å². The molecule has 1 aromatic rings. The average molecular weight is 418 g/mol. The van der Waals surface area contributed by atoms with E-state index in [2.05, 4.69) is 32.1 Å². The zero-order chi connectivity index (χ0) is 20.8. The standard InChI is InChI=1S/C20H23FN4O3S/c1-13-5-7-25(8-6-13)12-15-9-16(21)4-3-14(15)11-22-24-20-23-19(27)17(29-20)10-18(26)28-2/h3-4,9-11,13H,5-8,12H2,1-2H3,(H,23,24,27)/b17-10+,22-11?. The van der Waals surface area contributed by atoms with Gasteiger partial charge in [0, 0.05) is 12.6 Å². The van der Waals surface area contributed by atoms with Crippen LogP contribution in [0.1, 0.15) is 30.9 Å². The number of thioether (sulfide) groups is 1. The third-order valence-corrected chi connectivity index (χ3v) is 5.72. The number of carbonyl (C=O) groups is 2. The van der Waals surface area contributed by atoms with Crippen molar-refractivity contribution in [3.63, 3.8) is 0 Å². The summed E-state index contributed by atoms with van der Waals surface area (Å²) < 4.78 is 18.3. The molecule has 0 spiro atoms. The molecule has 2 heterocycles. The van der Waals surface area contributed by atoms with Gasteiger partial charge in [-0.15, -0.1) is 5.10 Å². The summed E-state index contributed by atoms with van der Waals surface area (Å²) in [4.78, 5) is 25.6. The van der Waals surface area contributed by atoms with Crippen LogP contribution in [0.2, 0.25) is 0 Å². The summed E-state index contributed by atoms with van der Waals surface area (Å²) in [5, 5.41) is 10.8. The van der Waals surface area contributed by atoms with Gasteiger partial charge >= 0.3 is 5.97 Å². The van der Waals surface area contributed by atoms with Gasteiger partial charge in [-0.1, -0.05) is 13.0 Å². The predicted octanol–water partition coefficient (Wildman–Crippen LogP) is 2.67. The quantitative estimate of drug-likeness (QED) is 0.344. The van der Waals surface area contributed by atoms with Crippen LogP contribution < -0.4 is 5.32 Å². The lowest BCUT2D eigenvalue weighted by atomic mass is 9.98. The topological polar surface area (TPSA) is 83.4 Å². The minimum absolute atomic E-state index is 0.188. The Kier molecular flexibility index (Phi) is 7.16. The first-order chi connectivity index (χ1) is 13.9. The minimum Gasteiger partial charge on any atom is -0.466 e. The number of nitrogens with zero attached hydrogens (tertiary/aromatic N) is 3. The molecule has 1 amide bonds. The Balaban J connectivity index is 1.69. The lowest BCUT2D eigenvalue weighted by Crippen LogP contribution is -2.32. The first-order valence-corrected chi connectivity index (χ1v) is 10.2.